The summed E-state index contributed by atoms with van der Waals surface area (Å²) in [5, 5.41) is 10.3. The van der Waals surface area contributed by atoms with Gasteiger partial charge in [0.15, 0.2) is 0 Å². The molecule has 19 heavy (non-hydrogen) atoms. The van der Waals surface area contributed by atoms with Crippen molar-refractivity contribution in [2.75, 3.05) is 32.9 Å². The van der Waals surface area contributed by atoms with Crippen molar-refractivity contribution in [1.29, 1.82) is 0 Å². The molecule has 2 aliphatic heterocycles. The van der Waals surface area contributed by atoms with Gasteiger partial charge in [-0.05, 0) is 19.4 Å². The van der Waals surface area contributed by atoms with Crippen LogP contribution in [0.2, 0.25) is 0 Å². The van der Waals surface area contributed by atoms with Crippen LogP contribution in [-0.2, 0) is 4.74 Å². The summed E-state index contributed by atoms with van der Waals surface area (Å²) < 4.78 is 11.1. The molecule has 2 atom stereocenters. The van der Waals surface area contributed by atoms with Crippen molar-refractivity contribution in [2.45, 2.75) is 26.0 Å². The maximum Gasteiger partial charge on any atom is 0.127 e. The maximum absolute atomic E-state index is 10.3. The highest BCUT2D eigenvalue weighted by molar-refractivity contribution is 5.47. The molecule has 0 amide bonds. The summed E-state index contributed by atoms with van der Waals surface area (Å²) in [5.74, 6) is 0.951. The van der Waals surface area contributed by atoms with Gasteiger partial charge in [0, 0.05) is 18.7 Å². The second kappa shape index (κ2) is 5.12. The minimum Gasteiger partial charge on any atom is -0.490 e. The van der Waals surface area contributed by atoms with Gasteiger partial charge in [-0.3, -0.25) is 4.90 Å². The van der Waals surface area contributed by atoms with Gasteiger partial charge < -0.3 is 14.6 Å². The first kappa shape index (κ1) is 12.9. The maximum atomic E-state index is 10.3. The van der Waals surface area contributed by atoms with Crippen molar-refractivity contribution >= 4 is 0 Å². The fraction of sp³-hybridized carbons (Fsp3) is 0.600. The van der Waals surface area contributed by atoms with E-state index in [1.807, 2.05) is 0 Å². The van der Waals surface area contributed by atoms with Gasteiger partial charge in [0.05, 0.1) is 19.3 Å². The zero-order valence-electron chi connectivity index (χ0n) is 11.6. The molecule has 2 heterocycles. The fourth-order valence-corrected chi connectivity index (χ4v) is 3.17. The number of fused-ring (bicyclic) bond motifs is 1. The van der Waals surface area contributed by atoms with E-state index in [4.69, 9.17) is 9.47 Å². The third kappa shape index (κ3) is 2.36. The van der Waals surface area contributed by atoms with Gasteiger partial charge in [-0.25, -0.2) is 0 Å². The summed E-state index contributed by atoms with van der Waals surface area (Å²) in [6.45, 7) is 7.75. The molecule has 1 aromatic rings. The van der Waals surface area contributed by atoms with Gasteiger partial charge in [-0.1, -0.05) is 17.7 Å². The highest BCUT2D eigenvalue weighted by Gasteiger charge is 2.35. The Morgan fingerprint density at radius 1 is 1.21 bits per heavy atom. The van der Waals surface area contributed by atoms with Crippen LogP contribution in [0.5, 0.6) is 5.75 Å². The number of rotatable bonds is 1. The van der Waals surface area contributed by atoms with Crippen LogP contribution in [0.4, 0.5) is 0 Å². The minimum absolute atomic E-state index is 0.0336. The normalized spacial score (nSPS) is 27.7. The Labute approximate surface area is 113 Å². The molecule has 2 aliphatic rings. The van der Waals surface area contributed by atoms with Crippen molar-refractivity contribution in [3.63, 3.8) is 0 Å². The Morgan fingerprint density at radius 2 is 1.95 bits per heavy atom. The summed E-state index contributed by atoms with van der Waals surface area (Å²) >= 11 is 0. The van der Waals surface area contributed by atoms with E-state index in [9.17, 15) is 5.11 Å². The van der Waals surface area contributed by atoms with E-state index < -0.39 is 6.10 Å². The van der Waals surface area contributed by atoms with E-state index in [0.717, 1.165) is 43.2 Å². The lowest BCUT2D eigenvalue weighted by molar-refractivity contribution is -0.0445. The molecule has 4 heteroatoms. The highest BCUT2D eigenvalue weighted by Crippen LogP contribution is 2.39. The molecule has 0 bridgehead atoms. The van der Waals surface area contributed by atoms with Crippen LogP contribution in [0.3, 0.4) is 0 Å². The molecule has 0 saturated carbocycles. The SMILES string of the molecule is Cc1cc(C)c2c(c1)C(N1CCOCC1)C(O)CO2. The number of benzene rings is 1. The molecule has 1 N–H and O–H groups in total. The Morgan fingerprint density at radius 3 is 2.68 bits per heavy atom. The zero-order valence-corrected chi connectivity index (χ0v) is 11.6. The summed E-state index contributed by atoms with van der Waals surface area (Å²) in [5.41, 5.74) is 3.49. The second-order valence-electron chi connectivity index (χ2n) is 5.47. The summed E-state index contributed by atoms with van der Waals surface area (Å²) in [4.78, 5) is 2.31. The number of aliphatic hydroxyl groups is 1. The van der Waals surface area contributed by atoms with E-state index in [2.05, 4.69) is 30.9 Å². The summed E-state index contributed by atoms with van der Waals surface area (Å²) in [6, 6.07) is 4.31. The van der Waals surface area contributed by atoms with E-state index in [0.29, 0.717) is 6.61 Å². The first-order valence-corrected chi connectivity index (χ1v) is 6.90. The number of ether oxygens (including phenoxy) is 2. The quantitative estimate of drug-likeness (QED) is 0.832. The molecule has 1 fully saturated rings. The molecule has 0 aliphatic carbocycles. The van der Waals surface area contributed by atoms with Crippen molar-refractivity contribution in [3.05, 3.63) is 28.8 Å². The van der Waals surface area contributed by atoms with Crippen LogP contribution < -0.4 is 4.74 Å². The molecular weight excluding hydrogens is 242 g/mol. The van der Waals surface area contributed by atoms with Gasteiger partial charge in [0.1, 0.15) is 18.5 Å². The van der Waals surface area contributed by atoms with Crippen molar-refractivity contribution in [3.8, 4) is 5.75 Å². The number of nitrogens with zero attached hydrogens (tertiary/aromatic N) is 1. The van der Waals surface area contributed by atoms with Gasteiger partial charge in [-0.15, -0.1) is 0 Å². The van der Waals surface area contributed by atoms with Crippen LogP contribution in [0.15, 0.2) is 12.1 Å². The largest absolute Gasteiger partial charge is 0.490 e. The molecule has 104 valence electrons. The van der Waals surface area contributed by atoms with E-state index >= 15 is 0 Å². The third-order valence-corrected chi connectivity index (χ3v) is 3.97. The summed E-state index contributed by atoms with van der Waals surface area (Å²) in [7, 11) is 0. The van der Waals surface area contributed by atoms with Gasteiger partial charge >= 0.3 is 0 Å². The molecular formula is C15H21NO3. The molecule has 0 aromatic heterocycles. The minimum atomic E-state index is -0.466. The van der Waals surface area contributed by atoms with Crippen LogP contribution in [0.25, 0.3) is 0 Å². The number of morpholine rings is 1. The van der Waals surface area contributed by atoms with Crippen LogP contribution in [-0.4, -0.2) is 49.0 Å². The second-order valence-corrected chi connectivity index (χ2v) is 5.47. The Balaban J connectivity index is 2.00. The average Bonchev–Trinajstić information content (AvgIpc) is 2.39. The lowest BCUT2D eigenvalue weighted by atomic mass is 9.92. The van der Waals surface area contributed by atoms with Gasteiger partial charge in [0.2, 0.25) is 0 Å². The number of hydrogen-bond acceptors (Lipinski definition) is 4. The van der Waals surface area contributed by atoms with Crippen molar-refractivity contribution < 1.29 is 14.6 Å². The molecule has 3 rings (SSSR count). The number of aryl methyl sites for hydroxylation is 2. The Bertz CT molecular complexity index is 469. The predicted molar refractivity (Wildman–Crippen MR) is 72.6 cm³/mol. The topological polar surface area (TPSA) is 41.9 Å². The Hall–Kier alpha value is -1.10. The number of hydrogen-bond donors (Lipinski definition) is 1. The molecule has 1 saturated heterocycles. The zero-order chi connectivity index (χ0) is 13.4. The predicted octanol–water partition coefficient (Wildman–Crippen LogP) is 1.43. The smallest absolute Gasteiger partial charge is 0.127 e. The van der Waals surface area contributed by atoms with Crippen molar-refractivity contribution in [1.82, 2.24) is 4.90 Å². The van der Waals surface area contributed by atoms with Gasteiger partial charge in [-0.2, -0.15) is 0 Å². The standard InChI is InChI=1S/C15H21NO3/c1-10-7-11(2)15-12(8-10)14(13(17)9-19-15)16-3-5-18-6-4-16/h7-8,13-14,17H,3-6,9H2,1-2H3. The van der Waals surface area contributed by atoms with E-state index in [1.54, 1.807) is 0 Å². The lowest BCUT2D eigenvalue weighted by Gasteiger charge is -2.41. The molecule has 1 aromatic carbocycles. The Kier molecular flexibility index (Phi) is 3.48. The molecule has 2 unspecified atom stereocenters. The average molecular weight is 263 g/mol. The third-order valence-electron chi connectivity index (χ3n) is 3.97. The summed E-state index contributed by atoms with van der Waals surface area (Å²) in [6.07, 6.45) is -0.466. The van der Waals surface area contributed by atoms with Crippen LogP contribution >= 0.6 is 0 Å². The molecule has 4 nitrogen and oxygen atoms in total. The van der Waals surface area contributed by atoms with Gasteiger partial charge in [0.25, 0.3) is 0 Å². The van der Waals surface area contributed by atoms with E-state index in [1.165, 1.54) is 5.56 Å². The molecule has 0 spiro atoms. The van der Waals surface area contributed by atoms with Crippen molar-refractivity contribution in [2.24, 2.45) is 0 Å². The van der Waals surface area contributed by atoms with E-state index in [-0.39, 0.29) is 6.04 Å². The first-order valence-electron chi connectivity index (χ1n) is 6.90. The van der Waals surface area contributed by atoms with Crippen LogP contribution in [0.1, 0.15) is 22.7 Å². The lowest BCUT2D eigenvalue weighted by Crippen LogP contribution is -2.47. The highest BCUT2D eigenvalue weighted by atomic mass is 16.5. The molecule has 0 radical (unpaired) electrons. The first-order chi connectivity index (χ1) is 9.16. The fourth-order valence-electron chi connectivity index (χ4n) is 3.17. The number of aliphatic hydroxyl groups excluding tert-OH is 1. The monoisotopic (exact) mass is 263 g/mol. The van der Waals surface area contributed by atoms with Crippen LogP contribution in [0, 0.1) is 13.8 Å².